The molecule has 1 aliphatic heterocycles. The van der Waals surface area contributed by atoms with Crippen LogP contribution in [0, 0.1) is 0 Å². The van der Waals surface area contributed by atoms with Gasteiger partial charge in [0.1, 0.15) is 5.75 Å². The SMILES string of the molecule is COc1ccc(C(=O)Nc2ccccc2)cc1N(Cc1ccc2c(c1)OCO2)c1ccccc1. The fourth-order valence-electron chi connectivity index (χ4n) is 3.91. The van der Waals surface area contributed by atoms with Gasteiger partial charge >= 0.3 is 0 Å². The van der Waals surface area contributed by atoms with Crippen LogP contribution < -0.4 is 24.4 Å². The zero-order chi connectivity index (χ0) is 23.3. The van der Waals surface area contributed by atoms with Crippen molar-refractivity contribution >= 4 is 23.0 Å². The molecule has 4 aromatic carbocycles. The van der Waals surface area contributed by atoms with Crippen LogP contribution in [-0.2, 0) is 6.54 Å². The molecule has 4 aromatic rings. The highest BCUT2D eigenvalue weighted by molar-refractivity contribution is 6.05. The second-order valence-electron chi connectivity index (χ2n) is 7.82. The minimum absolute atomic E-state index is 0.189. The Balaban J connectivity index is 1.52. The standard InChI is InChI=1S/C28H24N2O4/c1-32-25-15-13-21(28(31)29-22-8-4-2-5-9-22)17-24(25)30(23-10-6-3-7-11-23)18-20-12-14-26-27(16-20)34-19-33-26/h2-17H,18-19H2,1H3,(H,29,31). The van der Waals surface area contributed by atoms with Crippen molar-refractivity contribution in [2.45, 2.75) is 6.54 Å². The van der Waals surface area contributed by atoms with E-state index in [1.54, 1.807) is 13.2 Å². The molecule has 0 radical (unpaired) electrons. The molecule has 0 atom stereocenters. The molecule has 6 nitrogen and oxygen atoms in total. The van der Waals surface area contributed by atoms with Crippen molar-refractivity contribution in [3.8, 4) is 17.2 Å². The summed E-state index contributed by atoms with van der Waals surface area (Å²) in [7, 11) is 1.63. The summed E-state index contributed by atoms with van der Waals surface area (Å²) in [5, 5.41) is 2.95. The molecule has 1 amide bonds. The summed E-state index contributed by atoms with van der Waals surface area (Å²) in [6, 6.07) is 30.8. The van der Waals surface area contributed by atoms with Crippen LogP contribution in [0.3, 0.4) is 0 Å². The van der Waals surface area contributed by atoms with Crippen molar-refractivity contribution in [3.63, 3.8) is 0 Å². The summed E-state index contributed by atoms with van der Waals surface area (Å²) in [6.07, 6.45) is 0. The number of carbonyl (C=O) groups excluding carboxylic acids is 1. The molecule has 1 N–H and O–H groups in total. The van der Waals surface area contributed by atoms with Crippen molar-refractivity contribution in [1.29, 1.82) is 0 Å². The predicted octanol–water partition coefficient (Wildman–Crippen LogP) is 6.01. The third-order valence-electron chi connectivity index (χ3n) is 5.61. The Hall–Kier alpha value is -4.45. The Kier molecular flexibility index (Phi) is 6.03. The highest BCUT2D eigenvalue weighted by Gasteiger charge is 2.20. The molecule has 0 saturated carbocycles. The van der Waals surface area contributed by atoms with Gasteiger partial charge in [0.15, 0.2) is 11.5 Å². The molecule has 0 aromatic heterocycles. The van der Waals surface area contributed by atoms with Gasteiger partial charge in [0.2, 0.25) is 6.79 Å². The fourth-order valence-corrected chi connectivity index (χ4v) is 3.91. The van der Waals surface area contributed by atoms with E-state index < -0.39 is 0 Å². The van der Waals surface area contributed by atoms with E-state index in [1.165, 1.54) is 0 Å². The Labute approximate surface area is 198 Å². The molecule has 170 valence electrons. The van der Waals surface area contributed by atoms with Crippen molar-refractivity contribution in [2.75, 3.05) is 24.1 Å². The van der Waals surface area contributed by atoms with E-state index in [2.05, 4.69) is 10.2 Å². The molecule has 1 aliphatic rings. The van der Waals surface area contributed by atoms with Gasteiger partial charge in [-0.05, 0) is 60.2 Å². The van der Waals surface area contributed by atoms with E-state index >= 15 is 0 Å². The fraction of sp³-hybridized carbons (Fsp3) is 0.107. The summed E-state index contributed by atoms with van der Waals surface area (Å²) in [5.74, 6) is 1.95. The van der Waals surface area contributed by atoms with Crippen LogP contribution in [0.2, 0.25) is 0 Å². The van der Waals surface area contributed by atoms with Crippen molar-refractivity contribution in [1.82, 2.24) is 0 Å². The van der Waals surface area contributed by atoms with Crippen LogP contribution in [0.4, 0.5) is 17.1 Å². The summed E-state index contributed by atoms with van der Waals surface area (Å²) in [5.41, 5.74) is 4.07. The zero-order valence-corrected chi connectivity index (χ0v) is 18.7. The van der Waals surface area contributed by atoms with Gasteiger partial charge in [-0.25, -0.2) is 0 Å². The number of benzene rings is 4. The highest BCUT2D eigenvalue weighted by atomic mass is 16.7. The minimum Gasteiger partial charge on any atom is -0.495 e. The Bertz CT molecular complexity index is 1290. The maximum atomic E-state index is 13.0. The van der Waals surface area contributed by atoms with E-state index in [0.717, 1.165) is 34.1 Å². The van der Waals surface area contributed by atoms with E-state index in [1.807, 2.05) is 91.0 Å². The first-order chi connectivity index (χ1) is 16.7. The van der Waals surface area contributed by atoms with Crippen molar-refractivity contribution < 1.29 is 19.0 Å². The lowest BCUT2D eigenvalue weighted by Crippen LogP contribution is -2.19. The Morgan fingerprint density at radius 3 is 2.38 bits per heavy atom. The number of anilines is 3. The molecule has 1 heterocycles. The number of carbonyl (C=O) groups is 1. The first kappa shape index (κ1) is 21.4. The number of ether oxygens (including phenoxy) is 3. The smallest absolute Gasteiger partial charge is 0.255 e. The van der Waals surface area contributed by atoms with E-state index in [4.69, 9.17) is 14.2 Å². The van der Waals surface area contributed by atoms with Gasteiger partial charge in [-0.15, -0.1) is 0 Å². The van der Waals surface area contributed by atoms with Crippen LogP contribution in [0.5, 0.6) is 17.2 Å². The normalized spacial score (nSPS) is 11.7. The topological polar surface area (TPSA) is 60.0 Å². The molecule has 0 aliphatic carbocycles. The van der Waals surface area contributed by atoms with Crippen molar-refractivity contribution in [3.05, 3.63) is 108 Å². The van der Waals surface area contributed by atoms with Gasteiger partial charge in [0.05, 0.1) is 12.8 Å². The van der Waals surface area contributed by atoms with Gasteiger partial charge in [-0.3, -0.25) is 4.79 Å². The lowest BCUT2D eigenvalue weighted by atomic mass is 10.1. The summed E-state index contributed by atoms with van der Waals surface area (Å²) in [6.45, 7) is 0.772. The van der Waals surface area contributed by atoms with E-state index in [0.29, 0.717) is 17.9 Å². The molecule has 0 bridgehead atoms. The number of hydrogen-bond donors (Lipinski definition) is 1. The number of methoxy groups -OCH3 is 1. The molecule has 6 heteroatoms. The summed E-state index contributed by atoms with van der Waals surface area (Å²) < 4.78 is 16.7. The average Bonchev–Trinajstić information content (AvgIpc) is 3.36. The van der Waals surface area contributed by atoms with E-state index in [9.17, 15) is 4.79 Å². The maximum Gasteiger partial charge on any atom is 0.255 e. The monoisotopic (exact) mass is 452 g/mol. The summed E-state index contributed by atoms with van der Waals surface area (Å²) >= 11 is 0. The molecule has 0 unspecified atom stereocenters. The number of fused-ring (bicyclic) bond motifs is 1. The highest BCUT2D eigenvalue weighted by Crippen LogP contribution is 2.38. The van der Waals surface area contributed by atoms with Crippen LogP contribution in [0.1, 0.15) is 15.9 Å². The third-order valence-corrected chi connectivity index (χ3v) is 5.61. The molecule has 34 heavy (non-hydrogen) atoms. The Morgan fingerprint density at radius 2 is 1.62 bits per heavy atom. The number of nitrogens with zero attached hydrogens (tertiary/aromatic N) is 1. The van der Waals surface area contributed by atoms with Gasteiger partial charge in [-0.2, -0.15) is 0 Å². The number of nitrogens with one attached hydrogen (secondary N) is 1. The van der Waals surface area contributed by atoms with Crippen LogP contribution >= 0.6 is 0 Å². The lowest BCUT2D eigenvalue weighted by Gasteiger charge is -2.27. The van der Waals surface area contributed by atoms with Gasteiger partial charge in [-0.1, -0.05) is 42.5 Å². The first-order valence-electron chi connectivity index (χ1n) is 11.0. The second kappa shape index (κ2) is 9.58. The Morgan fingerprint density at radius 1 is 0.882 bits per heavy atom. The van der Waals surface area contributed by atoms with Gasteiger partial charge in [0.25, 0.3) is 5.91 Å². The predicted molar refractivity (Wildman–Crippen MR) is 132 cm³/mol. The molecule has 0 fully saturated rings. The third kappa shape index (κ3) is 4.52. The minimum atomic E-state index is -0.189. The first-order valence-corrected chi connectivity index (χ1v) is 11.0. The molecule has 5 rings (SSSR count). The van der Waals surface area contributed by atoms with Crippen LogP contribution in [0.25, 0.3) is 0 Å². The number of rotatable bonds is 7. The van der Waals surface area contributed by atoms with Gasteiger partial charge in [0, 0.05) is 23.5 Å². The lowest BCUT2D eigenvalue weighted by molar-refractivity contribution is 0.102. The molecule has 0 saturated heterocycles. The average molecular weight is 453 g/mol. The molecular formula is C28H24N2O4. The molecular weight excluding hydrogens is 428 g/mol. The second-order valence-corrected chi connectivity index (χ2v) is 7.82. The largest absolute Gasteiger partial charge is 0.495 e. The summed E-state index contributed by atoms with van der Waals surface area (Å²) in [4.78, 5) is 15.1. The van der Waals surface area contributed by atoms with E-state index in [-0.39, 0.29) is 12.7 Å². The quantitative estimate of drug-likeness (QED) is 0.372. The van der Waals surface area contributed by atoms with Crippen LogP contribution in [-0.4, -0.2) is 19.8 Å². The number of para-hydroxylation sites is 2. The van der Waals surface area contributed by atoms with Gasteiger partial charge < -0.3 is 24.4 Å². The maximum absolute atomic E-state index is 13.0. The number of hydrogen-bond acceptors (Lipinski definition) is 5. The van der Waals surface area contributed by atoms with Crippen molar-refractivity contribution in [2.24, 2.45) is 0 Å². The zero-order valence-electron chi connectivity index (χ0n) is 18.7. The van der Waals surface area contributed by atoms with Crippen LogP contribution in [0.15, 0.2) is 97.1 Å². The molecule has 0 spiro atoms. The number of amides is 1.